The highest BCUT2D eigenvalue weighted by Crippen LogP contribution is 2.35. The largest absolute Gasteiger partial charge is 0.497 e. The second kappa shape index (κ2) is 6.13. The van der Waals surface area contributed by atoms with Crippen molar-refractivity contribution in [2.45, 2.75) is 18.2 Å². The molecule has 1 N–H and O–H groups in total. The van der Waals surface area contributed by atoms with Crippen molar-refractivity contribution >= 4 is 11.8 Å². The maximum atomic E-state index is 12.8. The summed E-state index contributed by atoms with van der Waals surface area (Å²) in [4.78, 5) is 23.1. The quantitative estimate of drug-likeness (QED) is 0.662. The number of carbonyl (C=O) groups excluding carboxylic acids is 2. The summed E-state index contributed by atoms with van der Waals surface area (Å²) >= 11 is 0. The van der Waals surface area contributed by atoms with E-state index in [1.54, 1.807) is 0 Å². The third kappa shape index (κ3) is 3.52. The first-order valence-electron chi connectivity index (χ1n) is 5.70. The molecule has 1 rings (SSSR count). The molecule has 8 heteroatoms. The Balaban J connectivity index is 3.09. The second-order valence-electron chi connectivity index (χ2n) is 4.18. The van der Waals surface area contributed by atoms with Crippen molar-refractivity contribution in [3.8, 4) is 5.75 Å². The molecule has 0 aromatic heterocycles. The third-order valence-corrected chi connectivity index (χ3v) is 2.80. The number of esters is 1. The van der Waals surface area contributed by atoms with Crippen LogP contribution in [0.2, 0.25) is 0 Å². The first-order valence-corrected chi connectivity index (χ1v) is 5.70. The Morgan fingerprint density at radius 3 is 2.33 bits per heavy atom. The molecule has 0 spiro atoms. The number of carbonyl (C=O) groups is 2. The maximum Gasteiger partial charge on any atom is 0.428 e. The molecule has 0 unspecified atom stereocenters. The average molecular weight is 306 g/mol. The number of benzene rings is 1. The monoisotopic (exact) mass is 306 g/mol. The highest BCUT2D eigenvalue weighted by Gasteiger charge is 2.61. The molecule has 0 radical (unpaired) electrons. The fourth-order valence-corrected chi connectivity index (χ4v) is 1.59. The van der Waals surface area contributed by atoms with Gasteiger partial charge in [0.2, 0.25) is 0 Å². The third-order valence-electron chi connectivity index (χ3n) is 2.80. The first-order chi connectivity index (χ1) is 9.65. The van der Waals surface area contributed by atoms with Crippen molar-refractivity contribution in [2.75, 3.05) is 14.2 Å². The summed E-state index contributed by atoms with van der Waals surface area (Å²) in [6.07, 6.45) is -6.81. The molecule has 5 nitrogen and oxygen atoms in total. The van der Waals surface area contributed by atoms with Crippen LogP contribution in [0.15, 0.2) is 24.3 Å². The molecular weight excluding hydrogens is 293 g/mol. The van der Waals surface area contributed by atoms with Crippen LogP contribution in [0.4, 0.5) is 13.2 Å². The molecule has 0 heterocycles. The number of halogens is 3. The van der Waals surface area contributed by atoms with Gasteiger partial charge < -0.3 is 14.6 Å². The first kappa shape index (κ1) is 17.0. The van der Waals surface area contributed by atoms with Gasteiger partial charge >= 0.3 is 12.1 Å². The van der Waals surface area contributed by atoms with Gasteiger partial charge in [-0.1, -0.05) is 12.1 Å². The lowest BCUT2D eigenvalue weighted by molar-refractivity contribution is -0.260. The summed E-state index contributed by atoms with van der Waals surface area (Å²) in [5.74, 6) is -2.75. The van der Waals surface area contributed by atoms with Gasteiger partial charge in [0.05, 0.1) is 20.6 Å². The molecule has 0 saturated heterocycles. The predicted molar refractivity (Wildman–Crippen MR) is 65.0 cm³/mol. The van der Waals surface area contributed by atoms with Gasteiger partial charge in [0, 0.05) is 5.56 Å². The number of methoxy groups -OCH3 is 2. The molecule has 0 fully saturated rings. The van der Waals surface area contributed by atoms with E-state index in [1.165, 1.54) is 31.4 Å². The Labute approximate surface area is 118 Å². The van der Waals surface area contributed by atoms with E-state index in [-0.39, 0.29) is 11.3 Å². The Bertz CT molecular complexity index is 541. The number of Topliss-reactive ketones (excluding diaryl/α,β-unsaturated/α-hetero) is 1. The van der Waals surface area contributed by atoms with E-state index in [0.29, 0.717) is 7.11 Å². The Morgan fingerprint density at radius 2 is 1.86 bits per heavy atom. The zero-order valence-corrected chi connectivity index (χ0v) is 11.2. The van der Waals surface area contributed by atoms with Gasteiger partial charge in [-0.2, -0.15) is 13.2 Å². The van der Waals surface area contributed by atoms with Crippen LogP contribution in [0.3, 0.4) is 0 Å². The standard InChI is InChI=1S/C13H13F3O5/c1-20-9-5-3-4-8(6-9)10(17)7-12(19,11(18)21-2)13(14,15)16/h3-6,19H,7H2,1-2H3/t12-/m1/s1. The highest BCUT2D eigenvalue weighted by atomic mass is 19.4. The van der Waals surface area contributed by atoms with Gasteiger partial charge in [0.1, 0.15) is 5.75 Å². The molecule has 0 aliphatic rings. The van der Waals surface area contributed by atoms with Crippen molar-refractivity contribution in [3.63, 3.8) is 0 Å². The molecule has 1 atom stereocenters. The molecule has 21 heavy (non-hydrogen) atoms. The highest BCUT2D eigenvalue weighted by molar-refractivity contribution is 6.00. The molecule has 0 amide bonds. The number of ketones is 1. The molecule has 116 valence electrons. The second-order valence-corrected chi connectivity index (χ2v) is 4.18. The predicted octanol–water partition coefficient (Wildman–Crippen LogP) is 1.73. The fourth-order valence-electron chi connectivity index (χ4n) is 1.59. The Kier molecular flexibility index (Phi) is 4.95. The minimum atomic E-state index is -5.34. The van der Waals surface area contributed by atoms with Crippen LogP contribution in [0.5, 0.6) is 5.75 Å². The van der Waals surface area contributed by atoms with Crippen molar-refractivity contribution in [2.24, 2.45) is 0 Å². The maximum absolute atomic E-state index is 12.8. The summed E-state index contributed by atoms with van der Waals surface area (Å²) in [6, 6.07) is 5.35. The van der Waals surface area contributed by atoms with E-state index >= 15 is 0 Å². The number of hydrogen-bond acceptors (Lipinski definition) is 5. The van der Waals surface area contributed by atoms with Crippen LogP contribution in [0, 0.1) is 0 Å². The number of ether oxygens (including phenoxy) is 2. The van der Waals surface area contributed by atoms with Crippen LogP contribution in [0.25, 0.3) is 0 Å². The van der Waals surface area contributed by atoms with Gasteiger partial charge in [0.25, 0.3) is 5.60 Å². The minimum Gasteiger partial charge on any atom is -0.497 e. The summed E-state index contributed by atoms with van der Waals surface area (Å²) in [5.41, 5.74) is -4.01. The zero-order chi connectivity index (χ0) is 16.3. The Morgan fingerprint density at radius 1 is 1.24 bits per heavy atom. The zero-order valence-electron chi connectivity index (χ0n) is 11.2. The van der Waals surface area contributed by atoms with Crippen molar-refractivity contribution < 1.29 is 37.3 Å². The summed E-state index contributed by atoms with van der Waals surface area (Å²) in [5, 5.41) is 9.52. The fraction of sp³-hybridized carbons (Fsp3) is 0.385. The number of alkyl halides is 3. The van der Waals surface area contributed by atoms with Crippen molar-refractivity contribution in [1.82, 2.24) is 0 Å². The SMILES string of the molecule is COC(=O)[C@](O)(CC(=O)c1cccc(OC)c1)C(F)(F)F. The lowest BCUT2D eigenvalue weighted by atomic mass is 9.93. The molecule has 0 bridgehead atoms. The molecule has 1 aromatic carbocycles. The van der Waals surface area contributed by atoms with Crippen LogP contribution in [-0.2, 0) is 9.53 Å². The van der Waals surface area contributed by atoms with Crippen molar-refractivity contribution in [3.05, 3.63) is 29.8 Å². The number of hydrogen-bond donors (Lipinski definition) is 1. The number of aliphatic hydroxyl groups is 1. The number of rotatable bonds is 5. The van der Waals surface area contributed by atoms with Crippen LogP contribution < -0.4 is 4.74 Å². The molecular formula is C13H13F3O5. The summed E-state index contributed by atoms with van der Waals surface area (Å²) in [6.45, 7) is 0. The van der Waals surface area contributed by atoms with Crippen LogP contribution >= 0.6 is 0 Å². The average Bonchev–Trinajstić information content (AvgIpc) is 2.44. The van der Waals surface area contributed by atoms with Gasteiger partial charge in [-0.15, -0.1) is 0 Å². The Hall–Kier alpha value is -2.09. The van der Waals surface area contributed by atoms with E-state index in [2.05, 4.69) is 4.74 Å². The van der Waals surface area contributed by atoms with E-state index in [9.17, 15) is 27.9 Å². The minimum absolute atomic E-state index is 0.124. The van der Waals surface area contributed by atoms with Crippen LogP contribution in [-0.4, -0.2) is 42.9 Å². The van der Waals surface area contributed by atoms with Gasteiger partial charge in [-0.05, 0) is 12.1 Å². The molecule has 0 saturated carbocycles. The van der Waals surface area contributed by atoms with Gasteiger partial charge in [-0.25, -0.2) is 4.79 Å². The lowest BCUT2D eigenvalue weighted by Gasteiger charge is -2.26. The summed E-state index contributed by atoms with van der Waals surface area (Å²) in [7, 11) is 2.01. The molecule has 0 aliphatic heterocycles. The van der Waals surface area contributed by atoms with Gasteiger partial charge in [0.15, 0.2) is 5.78 Å². The van der Waals surface area contributed by atoms with Crippen LogP contribution in [0.1, 0.15) is 16.8 Å². The normalized spacial score (nSPS) is 14.2. The van der Waals surface area contributed by atoms with E-state index in [1.807, 2.05) is 0 Å². The van der Waals surface area contributed by atoms with E-state index in [0.717, 1.165) is 0 Å². The lowest BCUT2D eigenvalue weighted by Crippen LogP contribution is -2.54. The van der Waals surface area contributed by atoms with Crippen molar-refractivity contribution in [1.29, 1.82) is 0 Å². The molecule has 0 aliphatic carbocycles. The van der Waals surface area contributed by atoms with E-state index < -0.39 is 30.0 Å². The molecule has 1 aromatic rings. The smallest absolute Gasteiger partial charge is 0.428 e. The van der Waals surface area contributed by atoms with E-state index in [4.69, 9.17) is 4.74 Å². The summed E-state index contributed by atoms with van der Waals surface area (Å²) < 4.78 is 47.3. The van der Waals surface area contributed by atoms with Gasteiger partial charge in [-0.3, -0.25) is 4.79 Å². The topological polar surface area (TPSA) is 72.8 Å².